The maximum Gasteiger partial charge on any atom is 0.223 e. The highest BCUT2D eigenvalue weighted by Gasteiger charge is 2.37. The minimum Gasteiger partial charge on any atom is -0.530 e. The smallest absolute Gasteiger partial charge is 0.223 e. The quantitative estimate of drug-likeness (QED) is 0.486. The molecule has 0 unspecified atom stereocenters. The van der Waals surface area contributed by atoms with Crippen LogP contribution in [-0.2, 0) is 24.2 Å². The highest BCUT2D eigenvalue weighted by molar-refractivity contribution is 7.13. The fourth-order valence-electron chi connectivity index (χ4n) is 3.71. The number of hydrogen-bond acceptors (Lipinski definition) is 8. The number of rotatable bonds is 9. The Hall–Kier alpha value is -3.18. The molecule has 2 rings (SSSR count). The van der Waals surface area contributed by atoms with E-state index in [1.54, 1.807) is 41.5 Å². The summed E-state index contributed by atoms with van der Waals surface area (Å²) >= 11 is 1.38. The number of hydrogen-bond donors (Lipinski definition) is 2. The van der Waals surface area contributed by atoms with Gasteiger partial charge in [0, 0.05) is 29.9 Å². The predicted molar refractivity (Wildman–Crippen MR) is 135 cm³/mol. The van der Waals surface area contributed by atoms with Gasteiger partial charge in [-0.25, -0.2) is 4.98 Å². The summed E-state index contributed by atoms with van der Waals surface area (Å²) in [5, 5.41) is 32.3. The maximum atomic E-state index is 12.1. The number of aryl methyl sites for hydroxylation is 2. The number of nitrogens with one attached hydrogen (secondary N) is 2. The van der Waals surface area contributed by atoms with Crippen molar-refractivity contribution in [1.29, 1.82) is 0 Å². The summed E-state index contributed by atoms with van der Waals surface area (Å²) in [6, 6.07) is 7.75. The predicted octanol–water partition coefficient (Wildman–Crippen LogP) is 2.15. The average molecular weight is 518 g/mol. The number of benzene rings is 1. The molecule has 0 bridgehead atoms. The van der Waals surface area contributed by atoms with Crippen molar-refractivity contribution in [2.45, 2.75) is 85.2 Å². The van der Waals surface area contributed by atoms with Gasteiger partial charge < -0.3 is 34.9 Å². The van der Waals surface area contributed by atoms with E-state index in [0.717, 1.165) is 33.0 Å². The zero-order valence-electron chi connectivity index (χ0n) is 21.9. The van der Waals surface area contributed by atoms with Crippen LogP contribution in [0.2, 0.25) is 0 Å². The lowest BCUT2D eigenvalue weighted by atomic mass is 10.0. The number of thiazole rings is 1. The second-order valence-electron chi connectivity index (χ2n) is 10.5. The molecule has 0 aliphatic rings. The Morgan fingerprint density at radius 1 is 0.917 bits per heavy atom. The van der Waals surface area contributed by atoms with Crippen LogP contribution < -0.4 is 20.8 Å². The number of anilines is 1. The highest BCUT2D eigenvalue weighted by atomic mass is 32.1. The van der Waals surface area contributed by atoms with Gasteiger partial charge in [0.25, 0.3) is 0 Å². The SMILES string of the molecule is CC(=O)Nc1nc(CCc2ccc(CNC(N(C(=O)[O-])C(C)(C)C)N(C(=O)[O-])C(C)(C)C)cc2)cs1. The molecule has 0 saturated carbocycles. The van der Waals surface area contributed by atoms with Crippen molar-refractivity contribution in [1.82, 2.24) is 20.1 Å². The van der Waals surface area contributed by atoms with E-state index in [-0.39, 0.29) is 12.5 Å². The van der Waals surface area contributed by atoms with E-state index in [1.807, 2.05) is 29.6 Å². The zero-order valence-corrected chi connectivity index (χ0v) is 22.7. The summed E-state index contributed by atoms with van der Waals surface area (Å²) in [5.41, 5.74) is 0.960. The van der Waals surface area contributed by atoms with Gasteiger partial charge in [0.15, 0.2) is 11.4 Å². The van der Waals surface area contributed by atoms with Gasteiger partial charge >= 0.3 is 0 Å². The second-order valence-corrected chi connectivity index (χ2v) is 11.4. The number of amides is 3. The first-order valence-corrected chi connectivity index (χ1v) is 12.5. The zero-order chi connectivity index (χ0) is 27.3. The number of aromatic nitrogens is 1. The van der Waals surface area contributed by atoms with Crippen molar-refractivity contribution in [2.75, 3.05) is 5.32 Å². The van der Waals surface area contributed by atoms with Crippen molar-refractivity contribution >= 4 is 34.6 Å². The standard InChI is InChI=1S/C25H37N5O5S/c1-16(31)27-20-28-19(15-36-20)13-12-17-8-10-18(11-9-17)14-26-21(29(22(32)33)24(2,3)4)30(23(34)35)25(5,6)7/h8-11,15,21,26H,12-14H2,1-7H3,(H,32,33)(H,34,35)(H,27,28,31)/p-2. The van der Waals surface area contributed by atoms with Crippen molar-refractivity contribution in [3.8, 4) is 0 Å². The van der Waals surface area contributed by atoms with E-state index in [0.29, 0.717) is 11.6 Å². The molecule has 0 aliphatic heterocycles. The number of nitrogens with zero attached hydrogens (tertiary/aromatic N) is 3. The molecule has 36 heavy (non-hydrogen) atoms. The van der Waals surface area contributed by atoms with E-state index in [1.165, 1.54) is 18.3 Å². The van der Waals surface area contributed by atoms with Gasteiger partial charge in [-0.05, 0) is 65.5 Å². The minimum absolute atomic E-state index is 0.155. The Morgan fingerprint density at radius 3 is 1.86 bits per heavy atom. The molecule has 2 N–H and O–H groups in total. The van der Waals surface area contributed by atoms with Crippen LogP contribution in [0.1, 0.15) is 65.3 Å². The van der Waals surface area contributed by atoms with Crippen molar-refractivity contribution in [3.63, 3.8) is 0 Å². The minimum atomic E-state index is -1.49. The molecule has 0 atom stereocenters. The third-order valence-electron chi connectivity index (χ3n) is 5.34. The molecule has 1 aromatic heterocycles. The fraction of sp³-hybridized carbons (Fsp3) is 0.520. The molecule has 0 saturated heterocycles. The van der Waals surface area contributed by atoms with Crippen molar-refractivity contribution < 1.29 is 24.6 Å². The van der Waals surface area contributed by atoms with Crippen molar-refractivity contribution in [2.24, 2.45) is 0 Å². The number of carbonyl (C=O) groups is 3. The number of carboxylic acid groups (broad SMARTS) is 2. The summed E-state index contributed by atoms with van der Waals surface area (Å²) in [4.78, 5) is 41.6. The molecule has 1 aromatic carbocycles. The molecule has 11 heteroatoms. The van der Waals surface area contributed by atoms with Gasteiger partial charge in [-0.2, -0.15) is 0 Å². The summed E-state index contributed by atoms with van der Waals surface area (Å²) in [5.74, 6) is -0.155. The van der Waals surface area contributed by atoms with Crippen LogP contribution in [0.4, 0.5) is 14.7 Å². The summed E-state index contributed by atoms with van der Waals surface area (Å²) in [6.45, 7) is 11.7. The molecule has 10 nitrogen and oxygen atoms in total. The maximum absolute atomic E-state index is 12.1. The van der Waals surface area contributed by atoms with Crippen molar-refractivity contribution in [3.05, 3.63) is 46.5 Å². The topological polar surface area (TPSA) is 141 Å². The Bertz CT molecular complexity index is 1020. The lowest BCUT2D eigenvalue weighted by molar-refractivity contribution is -0.294. The third kappa shape index (κ3) is 8.20. The normalized spacial score (nSPS) is 11.9. The van der Waals surface area contributed by atoms with E-state index in [4.69, 9.17) is 0 Å². The van der Waals surface area contributed by atoms with Crippen LogP contribution in [0.25, 0.3) is 0 Å². The molecule has 1 heterocycles. The van der Waals surface area contributed by atoms with E-state index in [2.05, 4.69) is 15.6 Å². The van der Waals surface area contributed by atoms with Gasteiger partial charge in [-0.3, -0.25) is 10.1 Å². The van der Waals surface area contributed by atoms with Gasteiger partial charge in [0.1, 0.15) is 12.2 Å². The molecule has 0 fully saturated rings. The first-order valence-electron chi connectivity index (χ1n) is 11.6. The molecule has 198 valence electrons. The molecule has 2 aromatic rings. The molecular weight excluding hydrogens is 482 g/mol. The first kappa shape index (κ1) is 29.1. The Morgan fingerprint density at radius 2 is 1.42 bits per heavy atom. The van der Waals surface area contributed by atoms with Gasteiger partial charge in [0.05, 0.1) is 5.69 Å². The summed E-state index contributed by atoms with van der Waals surface area (Å²) < 4.78 is 0. The van der Waals surface area contributed by atoms with Gasteiger partial charge in [0.2, 0.25) is 5.91 Å². The third-order valence-corrected chi connectivity index (χ3v) is 6.15. The Balaban J connectivity index is 2.13. The van der Waals surface area contributed by atoms with Gasteiger partial charge in [-0.1, -0.05) is 24.3 Å². The number of carbonyl (C=O) groups excluding carboxylic acids is 3. The fourth-order valence-corrected chi connectivity index (χ4v) is 4.51. The van der Waals surface area contributed by atoms with E-state index in [9.17, 15) is 24.6 Å². The van der Waals surface area contributed by atoms with Crippen LogP contribution in [0.5, 0.6) is 0 Å². The van der Waals surface area contributed by atoms with E-state index >= 15 is 0 Å². The first-order chi connectivity index (χ1) is 16.6. The van der Waals surface area contributed by atoms with E-state index < -0.39 is 29.6 Å². The highest BCUT2D eigenvalue weighted by Crippen LogP contribution is 2.24. The molecule has 0 spiro atoms. The van der Waals surface area contributed by atoms with Crippen LogP contribution in [0.3, 0.4) is 0 Å². The van der Waals surface area contributed by atoms with Crippen LogP contribution in [0, 0.1) is 0 Å². The molecule has 3 amide bonds. The summed E-state index contributed by atoms with van der Waals surface area (Å²) in [6.07, 6.45) is -2.73. The summed E-state index contributed by atoms with van der Waals surface area (Å²) in [7, 11) is 0. The van der Waals surface area contributed by atoms with Crippen LogP contribution in [-0.4, -0.2) is 50.2 Å². The monoisotopic (exact) mass is 517 g/mol. The molecular formula is C25H35N5O5S-2. The molecule has 0 aliphatic carbocycles. The molecule has 0 radical (unpaired) electrons. The lowest BCUT2D eigenvalue weighted by Gasteiger charge is -2.52. The largest absolute Gasteiger partial charge is 0.530 e. The Kier molecular flexibility index (Phi) is 9.44. The van der Waals surface area contributed by atoms with Crippen LogP contribution in [0.15, 0.2) is 29.6 Å². The second kappa shape index (κ2) is 11.7. The Labute approximate surface area is 216 Å². The average Bonchev–Trinajstić information content (AvgIpc) is 3.15. The lowest BCUT2D eigenvalue weighted by Crippen LogP contribution is -2.71. The van der Waals surface area contributed by atoms with Gasteiger partial charge in [-0.15, -0.1) is 11.3 Å². The van der Waals surface area contributed by atoms with Crippen LogP contribution >= 0.6 is 11.3 Å².